The van der Waals surface area contributed by atoms with Gasteiger partial charge in [-0.1, -0.05) is 0 Å². The molecule has 1 heterocycles. The molecule has 0 bridgehead atoms. The molecule has 2 amide bonds. The molecular formula is C15H13F3N2O3. The zero-order chi connectivity index (χ0) is 16.8. The lowest BCUT2D eigenvalue weighted by atomic mass is 10.2. The van der Waals surface area contributed by atoms with Crippen molar-refractivity contribution in [1.82, 2.24) is 5.32 Å². The molecule has 122 valence electrons. The largest absolute Gasteiger partial charge is 0.469 e. The Labute approximate surface area is 129 Å². The molecule has 0 saturated heterocycles. The lowest BCUT2D eigenvalue weighted by Gasteiger charge is -2.08. The van der Waals surface area contributed by atoms with Crippen LogP contribution in [0.15, 0.2) is 34.9 Å². The summed E-state index contributed by atoms with van der Waals surface area (Å²) < 4.78 is 44.2. The second-order valence-electron chi connectivity index (χ2n) is 4.63. The van der Waals surface area contributed by atoms with E-state index in [0.717, 1.165) is 6.07 Å². The summed E-state index contributed by atoms with van der Waals surface area (Å²) in [5.41, 5.74) is -0.501. The standard InChI is InChI=1S/C15H13F3N2O3/c16-10-4-5-11(15(18)14(10)17)20-13(22)8-19-12(21)6-3-9-2-1-7-23-9/h1-2,4-5,7H,3,6,8H2,(H,19,21)(H,20,22). The Kier molecular flexibility index (Phi) is 5.40. The molecule has 2 aromatic rings. The van der Waals surface area contributed by atoms with Crippen LogP contribution in [0, 0.1) is 17.5 Å². The summed E-state index contributed by atoms with van der Waals surface area (Å²) in [6.45, 7) is -0.421. The number of hydrogen-bond donors (Lipinski definition) is 2. The number of amides is 2. The molecule has 0 radical (unpaired) electrons. The molecule has 0 saturated carbocycles. The number of aryl methyl sites for hydroxylation is 1. The van der Waals surface area contributed by atoms with Crippen molar-refractivity contribution in [2.75, 3.05) is 11.9 Å². The molecule has 5 nitrogen and oxygen atoms in total. The van der Waals surface area contributed by atoms with E-state index in [1.54, 1.807) is 12.1 Å². The van der Waals surface area contributed by atoms with Crippen LogP contribution < -0.4 is 10.6 Å². The highest BCUT2D eigenvalue weighted by atomic mass is 19.2. The lowest BCUT2D eigenvalue weighted by molar-refractivity contribution is -0.124. The van der Waals surface area contributed by atoms with Crippen molar-refractivity contribution in [3.05, 3.63) is 53.7 Å². The topological polar surface area (TPSA) is 71.3 Å². The van der Waals surface area contributed by atoms with Crippen LogP contribution in [0.5, 0.6) is 0 Å². The summed E-state index contributed by atoms with van der Waals surface area (Å²) in [6.07, 6.45) is 1.97. The number of benzene rings is 1. The van der Waals surface area contributed by atoms with Crippen molar-refractivity contribution in [2.45, 2.75) is 12.8 Å². The van der Waals surface area contributed by atoms with E-state index < -0.39 is 41.5 Å². The van der Waals surface area contributed by atoms with Crippen LogP contribution in [0.25, 0.3) is 0 Å². The first-order chi connectivity index (χ1) is 11.0. The fourth-order valence-electron chi connectivity index (χ4n) is 1.78. The average molecular weight is 326 g/mol. The van der Waals surface area contributed by atoms with Crippen LogP contribution in [0.1, 0.15) is 12.2 Å². The van der Waals surface area contributed by atoms with Gasteiger partial charge in [0.05, 0.1) is 18.5 Å². The number of nitrogens with one attached hydrogen (secondary N) is 2. The molecule has 0 aliphatic heterocycles. The van der Waals surface area contributed by atoms with E-state index in [4.69, 9.17) is 4.42 Å². The number of hydrogen-bond acceptors (Lipinski definition) is 3. The first-order valence-electron chi connectivity index (χ1n) is 6.70. The highest BCUT2D eigenvalue weighted by molar-refractivity contribution is 5.94. The first-order valence-corrected chi connectivity index (χ1v) is 6.70. The molecular weight excluding hydrogens is 313 g/mol. The van der Waals surface area contributed by atoms with Crippen molar-refractivity contribution >= 4 is 17.5 Å². The molecule has 2 N–H and O–H groups in total. The zero-order valence-electron chi connectivity index (χ0n) is 11.9. The number of halogens is 3. The van der Waals surface area contributed by atoms with Crippen LogP contribution in [-0.2, 0) is 16.0 Å². The molecule has 1 aromatic carbocycles. The van der Waals surface area contributed by atoms with Crippen LogP contribution in [0.3, 0.4) is 0 Å². The maximum Gasteiger partial charge on any atom is 0.243 e. The quantitative estimate of drug-likeness (QED) is 0.801. The smallest absolute Gasteiger partial charge is 0.243 e. The van der Waals surface area contributed by atoms with Gasteiger partial charge in [-0.25, -0.2) is 13.2 Å². The maximum absolute atomic E-state index is 13.4. The molecule has 0 atom stereocenters. The van der Waals surface area contributed by atoms with E-state index in [9.17, 15) is 22.8 Å². The van der Waals surface area contributed by atoms with Gasteiger partial charge in [-0.15, -0.1) is 0 Å². The molecule has 0 fully saturated rings. The highest BCUT2D eigenvalue weighted by Crippen LogP contribution is 2.19. The minimum atomic E-state index is -1.68. The summed E-state index contributed by atoms with van der Waals surface area (Å²) >= 11 is 0. The van der Waals surface area contributed by atoms with Gasteiger partial charge in [-0.05, 0) is 24.3 Å². The van der Waals surface area contributed by atoms with Crippen LogP contribution in [0.4, 0.5) is 18.9 Å². The number of anilines is 1. The van der Waals surface area contributed by atoms with Gasteiger partial charge in [0.15, 0.2) is 17.5 Å². The van der Waals surface area contributed by atoms with Crippen LogP contribution in [-0.4, -0.2) is 18.4 Å². The predicted molar refractivity (Wildman–Crippen MR) is 75.0 cm³/mol. The Hall–Kier alpha value is -2.77. The molecule has 23 heavy (non-hydrogen) atoms. The van der Waals surface area contributed by atoms with Crippen molar-refractivity contribution in [2.24, 2.45) is 0 Å². The van der Waals surface area contributed by atoms with E-state index in [1.807, 2.05) is 5.32 Å². The molecule has 0 unspecified atom stereocenters. The maximum atomic E-state index is 13.4. The SMILES string of the molecule is O=C(CCc1ccco1)NCC(=O)Nc1ccc(F)c(F)c1F. The minimum absolute atomic E-state index is 0.111. The lowest BCUT2D eigenvalue weighted by Crippen LogP contribution is -2.33. The van der Waals surface area contributed by atoms with Gasteiger partial charge in [0, 0.05) is 12.8 Å². The van der Waals surface area contributed by atoms with Crippen LogP contribution in [0.2, 0.25) is 0 Å². The van der Waals surface area contributed by atoms with Gasteiger partial charge in [0.25, 0.3) is 0 Å². The van der Waals surface area contributed by atoms with Crippen molar-refractivity contribution < 1.29 is 27.2 Å². The second-order valence-corrected chi connectivity index (χ2v) is 4.63. The zero-order valence-corrected chi connectivity index (χ0v) is 11.9. The minimum Gasteiger partial charge on any atom is -0.469 e. The number of carbonyl (C=O) groups excluding carboxylic acids is 2. The van der Waals surface area contributed by atoms with Gasteiger partial charge in [0.2, 0.25) is 11.8 Å². The first kappa shape index (κ1) is 16.6. The van der Waals surface area contributed by atoms with Crippen molar-refractivity contribution in [1.29, 1.82) is 0 Å². The van der Waals surface area contributed by atoms with E-state index >= 15 is 0 Å². The third kappa shape index (κ3) is 4.60. The monoisotopic (exact) mass is 326 g/mol. The summed E-state index contributed by atoms with van der Waals surface area (Å²) in [5.74, 6) is -5.06. The Bertz CT molecular complexity index is 702. The number of furan rings is 1. The summed E-state index contributed by atoms with van der Waals surface area (Å²) in [4.78, 5) is 23.1. The molecule has 1 aromatic heterocycles. The summed E-state index contributed by atoms with van der Waals surface area (Å²) in [7, 11) is 0. The highest BCUT2D eigenvalue weighted by Gasteiger charge is 2.15. The number of carbonyl (C=O) groups is 2. The normalized spacial score (nSPS) is 10.4. The average Bonchev–Trinajstić information content (AvgIpc) is 3.05. The van der Waals surface area contributed by atoms with E-state index in [0.29, 0.717) is 18.2 Å². The molecule has 0 aliphatic carbocycles. The fraction of sp³-hybridized carbons (Fsp3) is 0.200. The van der Waals surface area contributed by atoms with Gasteiger partial charge in [-0.2, -0.15) is 0 Å². The van der Waals surface area contributed by atoms with E-state index in [1.165, 1.54) is 6.26 Å². The predicted octanol–water partition coefficient (Wildman–Crippen LogP) is 2.38. The fourth-order valence-corrected chi connectivity index (χ4v) is 1.78. The van der Waals surface area contributed by atoms with Gasteiger partial charge < -0.3 is 15.1 Å². The summed E-state index contributed by atoms with van der Waals surface area (Å²) in [6, 6.07) is 4.99. The molecule has 8 heteroatoms. The third-order valence-corrected chi connectivity index (χ3v) is 2.93. The van der Waals surface area contributed by atoms with E-state index in [2.05, 4.69) is 5.32 Å². The Morgan fingerprint density at radius 2 is 1.83 bits per heavy atom. The van der Waals surface area contributed by atoms with Gasteiger partial charge in [-0.3, -0.25) is 9.59 Å². The van der Waals surface area contributed by atoms with E-state index in [-0.39, 0.29) is 6.42 Å². The van der Waals surface area contributed by atoms with Crippen molar-refractivity contribution in [3.8, 4) is 0 Å². The Balaban J connectivity index is 1.79. The Morgan fingerprint density at radius 1 is 1.04 bits per heavy atom. The molecule has 0 aliphatic rings. The second kappa shape index (κ2) is 7.48. The van der Waals surface area contributed by atoms with Crippen LogP contribution >= 0.6 is 0 Å². The Morgan fingerprint density at radius 3 is 2.52 bits per heavy atom. The third-order valence-electron chi connectivity index (χ3n) is 2.93. The molecule has 0 spiro atoms. The van der Waals surface area contributed by atoms with Gasteiger partial charge >= 0.3 is 0 Å². The summed E-state index contributed by atoms with van der Waals surface area (Å²) in [5, 5.41) is 4.38. The molecule has 2 rings (SSSR count). The van der Waals surface area contributed by atoms with Crippen molar-refractivity contribution in [3.63, 3.8) is 0 Å². The van der Waals surface area contributed by atoms with Gasteiger partial charge in [0.1, 0.15) is 5.76 Å². The number of rotatable bonds is 6.